The molecule has 0 aliphatic carbocycles. The van der Waals surface area contributed by atoms with Crippen molar-refractivity contribution in [2.75, 3.05) is 12.3 Å². The van der Waals surface area contributed by atoms with Crippen LogP contribution in [0.15, 0.2) is 12.5 Å². The highest BCUT2D eigenvalue weighted by atomic mass is 16.6. The number of aliphatic hydroxyl groups excluding tert-OH is 1. The summed E-state index contributed by atoms with van der Waals surface area (Å²) in [4.78, 5) is 18.8. The van der Waals surface area contributed by atoms with Crippen molar-refractivity contribution < 1.29 is 14.8 Å². The average molecular weight is 321 g/mol. The maximum atomic E-state index is 11.3. The molecule has 2 unspecified atom stereocenters. The van der Waals surface area contributed by atoms with E-state index in [2.05, 4.69) is 9.97 Å². The largest absolute Gasteiger partial charge is 0.394 e. The Balaban J connectivity index is 2.21. The molecule has 9 heteroatoms. The number of nitro groups is 1. The lowest BCUT2D eigenvalue weighted by atomic mass is 9.78. The number of aliphatic hydroxyl groups is 1. The topological polar surface area (TPSA) is 129 Å². The smallest absolute Gasteiger partial charge is 0.300 e. The SMILES string of the molecule is CC1C(CO)O[C@@H](n2cc([N+](=O)[O-])c3c(N)ncnc32)C1(C)C. The van der Waals surface area contributed by atoms with Gasteiger partial charge in [0.1, 0.15) is 23.8 Å². The number of hydrogen-bond acceptors (Lipinski definition) is 7. The van der Waals surface area contributed by atoms with E-state index < -0.39 is 11.2 Å². The predicted molar refractivity (Wildman–Crippen MR) is 82.5 cm³/mol. The van der Waals surface area contributed by atoms with Crippen molar-refractivity contribution in [2.24, 2.45) is 11.3 Å². The third-order valence-electron chi connectivity index (χ3n) is 4.92. The van der Waals surface area contributed by atoms with Gasteiger partial charge >= 0.3 is 0 Å². The van der Waals surface area contributed by atoms with Crippen LogP contribution in [0.5, 0.6) is 0 Å². The molecule has 2 aromatic heterocycles. The normalized spacial score (nSPS) is 26.7. The van der Waals surface area contributed by atoms with E-state index in [1.165, 1.54) is 12.5 Å². The molecule has 0 aromatic carbocycles. The molecule has 0 spiro atoms. The second kappa shape index (κ2) is 5.14. The standard InChI is InChI=1S/C14H19N5O4/c1-7-9(5-20)23-13(14(7,2)3)18-4-8(19(21)22)10-11(15)16-6-17-12(10)18/h4,6-7,9,13,20H,5H2,1-3H3,(H2,15,16,17)/t7?,9?,13-/m1/s1. The molecule has 1 aliphatic heterocycles. The zero-order chi connectivity index (χ0) is 16.9. The number of anilines is 1. The average Bonchev–Trinajstić information content (AvgIpc) is 2.97. The van der Waals surface area contributed by atoms with Gasteiger partial charge in [0.2, 0.25) is 0 Å². The molecule has 0 amide bonds. The van der Waals surface area contributed by atoms with Crippen molar-refractivity contribution >= 4 is 22.5 Å². The molecule has 124 valence electrons. The Morgan fingerprint density at radius 3 is 2.78 bits per heavy atom. The summed E-state index contributed by atoms with van der Waals surface area (Å²) < 4.78 is 7.58. The van der Waals surface area contributed by atoms with Gasteiger partial charge in [-0.3, -0.25) is 14.7 Å². The van der Waals surface area contributed by atoms with Crippen LogP contribution < -0.4 is 5.73 Å². The summed E-state index contributed by atoms with van der Waals surface area (Å²) in [5, 5.41) is 21.0. The molecular formula is C14H19N5O4. The second-order valence-electron chi connectivity index (χ2n) is 6.46. The lowest BCUT2D eigenvalue weighted by molar-refractivity contribution is -0.383. The fourth-order valence-corrected chi connectivity index (χ4v) is 3.19. The van der Waals surface area contributed by atoms with Crippen molar-refractivity contribution in [2.45, 2.75) is 33.1 Å². The van der Waals surface area contributed by atoms with Crippen LogP contribution in [0.3, 0.4) is 0 Å². The van der Waals surface area contributed by atoms with E-state index in [-0.39, 0.29) is 40.9 Å². The summed E-state index contributed by atoms with van der Waals surface area (Å²) in [6.07, 6.45) is 1.81. The first-order chi connectivity index (χ1) is 10.8. The Kier molecular flexibility index (Phi) is 3.49. The minimum Gasteiger partial charge on any atom is -0.394 e. The summed E-state index contributed by atoms with van der Waals surface area (Å²) in [7, 11) is 0. The van der Waals surface area contributed by atoms with Crippen LogP contribution in [0.2, 0.25) is 0 Å². The monoisotopic (exact) mass is 321 g/mol. The molecule has 1 saturated heterocycles. The van der Waals surface area contributed by atoms with Crippen LogP contribution in [0.25, 0.3) is 11.0 Å². The number of ether oxygens (including phenoxy) is 1. The van der Waals surface area contributed by atoms with Crippen LogP contribution >= 0.6 is 0 Å². The van der Waals surface area contributed by atoms with E-state index in [9.17, 15) is 15.2 Å². The van der Waals surface area contributed by atoms with Gasteiger partial charge in [0.25, 0.3) is 5.69 Å². The molecule has 23 heavy (non-hydrogen) atoms. The summed E-state index contributed by atoms with van der Waals surface area (Å²) in [6.45, 7) is 5.88. The highest BCUT2D eigenvalue weighted by Crippen LogP contribution is 2.50. The van der Waals surface area contributed by atoms with E-state index in [4.69, 9.17) is 10.5 Å². The Morgan fingerprint density at radius 2 is 2.22 bits per heavy atom. The van der Waals surface area contributed by atoms with Crippen LogP contribution in [0.1, 0.15) is 27.0 Å². The van der Waals surface area contributed by atoms with E-state index in [0.29, 0.717) is 5.65 Å². The molecule has 3 rings (SSSR count). The van der Waals surface area contributed by atoms with Gasteiger partial charge < -0.3 is 15.6 Å². The Bertz CT molecular complexity index is 772. The van der Waals surface area contributed by atoms with E-state index >= 15 is 0 Å². The van der Waals surface area contributed by atoms with Gasteiger partial charge in [-0.25, -0.2) is 9.97 Å². The molecule has 0 bridgehead atoms. The number of nitrogen functional groups attached to an aromatic ring is 1. The van der Waals surface area contributed by atoms with Gasteiger partial charge in [0.05, 0.1) is 23.8 Å². The van der Waals surface area contributed by atoms with Gasteiger partial charge in [-0.2, -0.15) is 0 Å². The highest BCUT2D eigenvalue weighted by Gasteiger charge is 2.49. The van der Waals surface area contributed by atoms with Crippen molar-refractivity contribution in [3.05, 3.63) is 22.6 Å². The molecule has 3 atom stereocenters. The lowest BCUT2D eigenvalue weighted by Gasteiger charge is -2.30. The minimum atomic E-state index is -0.506. The number of nitrogens with two attached hydrogens (primary N) is 1. The van der Waals surface area contributed by atoms with Crippen LogP contribution in [-0.4, -0.2) is 37.3 Å². The Hall–Kier alpha value is -2.26. The van der Waals surface area contributed by atoms with Gasteiger partial charge in [-0.1, -0.05) is 20.8 Å². The first kappa shape index (κ1) is 15.6. The maximum absolute atomic E-state index is 11.3. The summed E-state index contributed by atoms with van der Waals surface area (Å²) in [6, 6.07) is 0. The first-order valence-electron chi connectivity index (χ1n) is 7.30. The molecule has 3 heterocycles. The summed E-state index contributed by atoms with van der Waals surface area (Å²) in [5.41, 5.74) is 5.65. The van der Waals surface area contributed by atoms with E-state index in [0.717, 1.165) is 0 Å². The molecule has 1 fully saturated rings. The lowest BCUT2D eigenvalue weighted by Crippen LogP contribution is -2.28. The van der Waals surface area contributed by atoms with Crippen LogP contribution in [0.4, 0.5) is 11.5 Å². The molecule has 2 aromatic rings. The molecule has 9 nitrogen and oxygen atoms in total. The number of rotatable bonds is 3. The van der Waals surface area contributed by atoms with Crippen molar-refractivity contribution in [1.29, 1.82) is 0 Å². The number of fused-ring (bicyclic) bond motifs is 1. The van der Waals surface area contributed by atoms with Gasteiger partial charge in [-0.15, -0.1) is 0 Å². The van der Waals surface area contributed by atoms with E-state index in [1.807, 2.05) is 20.8 Å². The van der Waals surface area contributed by atoms with Crippen LogP contribution in [-0.2, 0) is 4.74 Å². The number of nitrogens with zero attached hydrogens (tertiary/aromatic N) is 4. The predicted octanol–water partition coefficient (Wildman–Crippen LogP) is 1.47. The van der Waals surface area contributed by atoms with Gasteiger partial charge in [0.15, 0.2) is 5.65 Å². The van der Waals surface area contributed by atoms with Crippen molar-refractivity contribution in [1.82, 2.24) is 14.5 Å². The molecule has 0 radical (unpaired) electrons. The fourth-order valence-electron chi connectivity index (χ4n) is 3.19. The second-order valence-corrected chi connectivity index (χ2v) is 6.46. The van der Waals surface area contributed by atoms with Crippen molar-refractivity contribution in [3.63, 3.8) is 0 Å². The quantitative estimate of drug-likeness (QED) is 0.646. The van der Waals surface area contributed by atoms with E-state index in [1.54, 1.807) is 4.57 Å². The highest BCUT2D eigenvalue weighted by molar-refractivity contribution is 5.95. The fraction of sp³-hybridized carbons (Fsp3) is 0.571. The minimum absolute atomic E-state index is 0.0583. The van der Waals surface area contributed by atoms with Gasteiger partial charge in [-0.05, 0) is 5.92 Å². The first-order valence-corrected chi connectivity index (χ1v) is 7.30. The zero-order valence-electron chi connectivity index (χ0n) is 13.1. The van der Waals surface area contributed by atoms with Crippen molar-refractivity contribution in [3.8, 4) is 0 Å². The summed E-state index contributed by atoms with van der Waals surface area (Å²) in [5.74, 6) is 0.121. The Morgan fingerprint density at radius 1 is 1.52 bits per heavy atom. The maximum Gasteiger partial charge on any atom is 0.300 e. The third-order valence-corrected chi connectivity index (χ3v) is 4.92. The molecule has 0 saturated carbocycles. The zero-order valence-corrected chi connectivity index (χ0v) is 13.1. The molecule has 3 N–H and O–H groups in total. The molecule has 1 aliphatic rings. The molecular weight excluding hydrogens is 302 g/mol. The Labute approximate surface area is 132 Å². The van der Waals surface area contributed by atoms with Gasteiger partial charge in [0, 0.05) is 5.41 Å². The number of hydrogen-bond donors (Lipinski definition) is 2. The third kappa shape index (κ3) is 2.15. The van der Waals surface area contributed by atoms with Crippen LogP contribution in [0, 0.1) is 21.4 Å². The number of aromatic nitrogens is 3. The summed E-state index contributed by atoms with van der Waals surface area (Å²) >= 11 is 0.